The molecule has 2 rings (SSSR count). The van der Waals surface area contributed by atoms with Gasteiger partial charge in [-0.15, -0.1) is 11.3 Å². The van der Waals surface area contributed by atoms with Crippen LogP contribution in [0.3, 0.4) is 0 Å². The summed E-state index contributed by atoms with van der Waals surface area (Å²) < 4.78 is 0. The number of aryl methyl sites for hydroxylation is 1. The molecule has 1 aromatic heterocycles. The molecule has 4 nitrogen and oxygen atoms in total. The Bertz CT molecular complexity index is 501. The molecule has 5 heteroatoms. The Hall–Kier alpha value is -1.36. The van der Waals surface area contributed by atoms with Crippen molar-refractivity contribution in [2.45, 2.75) is 58.4 Å². The van der Waals surface area contributed by atoms with Crippen LogP contribution < -0.4 is 5.32 Å². The number of carbonyl (C=O) groups excluding carboxylic acids is 1. The summed E-state index contributed by atoms with van der Waals surface area (Å²) in [6.07, 6.45) is 5.30. The summed E-state index contributed by atoms with van der Waals surface area (Å²) in [5.41, 5.74) is 0.313. The molecule has 0 atom stereocenters. The van der Waals surface area contributed by atoms with E-state index in [0.717, 1.165) is 30.6 Å². The van der Waals surface area contributed by atoms with Gasteiger partial charge in [-0.2, -0.15) is 0 Å². The van der Waals surface area contributed by atoms with Gasteiger partial charge in [-0.3, -0.25) is 9.59 Å². The molecular weight excluding hydrogens is 286 g/mol. The Balaban J connectivity index is 1.95. The van der Waals surface area contributed by atoms with Gasteiger partial charge < -0.3 is 10.4 Å². The molecule has 1 amide bonds. The Morgan fingerprint density at radius 1 is 1.29 bits per heavy atom. The quantitative estimate of drug-likeness (QED) is 0.818. The summed E-state index contributed by atoms with van der Waals surface area (Å²) in [6, 6.07) is 2.02. The monoisotopic (exact) mass is 309 g/mol. The van der Waals surface area contributed by atoms with Gasteiger partial charge in [0, 0.05) is 11.3 Å². The van der Waals surface area contributed by atoms with Gasteiger partial charge in [0.1, 0.15) is 0 Å². The molecule has 1 aliphatic carbocycles. The number of carbonyl (C=O) groups is 2. The zero-order chi connectivity index (χ0) is 15.3. The minimum Gasteiger partial charge on any atom is -0.481 e. The smallest absolute Gasteiger partial charge is 0.310 e. The van der Waals surface area contributed by atoms with Crippen LogP contribution in [-0.2, 0) is 16.1 Å². The van der Waals surface area contributed by atoms with Crippen LogP contribution >= 0.6 is 11.3 Å². The number of thiophene rings is 1. The van der Waals surface area contributed by atoms with Gasteiger partial charge in [-0.1, -0.05) is 25.7 Å². The molecule has 0 radical (unpaired) electrons. The minimum atomic E-state index is -0.856. The van der Waals surface area contributed by atoms with E-state index in [1.807, 2.05) is 18.4 Å². The Morgan fingerprint density at radius 2 is 1.95 bits per heavy atom. The van der Waals surface area contributed by atoms with Gasteiger partial charge in [0.15, 0.2) is 0 Å². The molecular formula is C16H23NO3S. The molecule has 0 bridgehead atoms. The third-order valence-corrected chi connectivity index (χ3v) is 5.45. The number of carboxylic acid groups (broad SMARTS) is 1. The molecule has 1 saturated carbocycles. The highest BCUT2D eigenvalue weighted by Crippen LogP contribution is 2.38. The first-order valence-corrected chi connectivity index (χ1v) is 8.44. The second-order valence-electron chi connectivity index (χ2n) is 5.98. The SMILES string of the molecule is Cc1ccsc1CNC(=O)CC1(C(=O)O)CCCCCC1. The van der Waals surface area contributed by atoms with Crippen LogP contribution in [-0.4, -0.2) is 17.0 Å². The van der Waals surface area contributed by atoms with Crippen molar-refractivity contribution >= 4 is 23.2 Å². The van der Waals surface area contributed by atoms with E-state index in [0.29, 0.717) is 19.4 Å². The lowest BCUT2D eigenvalue weighted by molar-refractivity contribution is -0.152. The van der Waals surface area contributed by atoms with Gasteiger partial charge in [0.05, 0.1) is 12.0 Å². The van der Waals surface area contributed by atoms with Crippen LogP contribution in [0.4, 0.5) is 0 Å². The first-order valence-electron chi connectivity index (χ1n) is 7.57. The summed E-state index contributed by atoms with van der Waals surface area (Å²) in [5, 5.41) is 14.5. The van der Waals surface area contributed by atoms with E-state index in [2.05, 4.69) is 5.32 Å². The average Bonchev–Trinajstić information content (AvgIpc) is 2.70. The Labute approximate surface area is 129 Å². The van der Waals surface area contributed by atoms with E-state index in [9.17, 15) is 14.7 Å². The van der Waals surface area contributed by atoms with Gasteiger partial charge in [0.25, 0.3) is 0 Å². The van der Waals surface area contributed by atoms with Crippen LogP contribution in [0, 0.1) is 12.3 Å². The van der Waals surface area contributed by atoms with E-state index in [-0.39, 0.29) is 12.3 Å². The summed E-state index contributed by atoms with van der Waals surface area (Å²) in [7, 11) is 0. The third kappa shape index (κ3) is 4.06. The first-order chi connectivity index (χ1) is 10.0. The Morgan fingerprint density at radius 3 is 2.48 bits per heavy atom. The predicted octanol–water partition coefficient (Wildman–Crippen LogP) is 3.49. The average molecular weight is 309 g/mol. The highest BCUT2D eigenvalue weighted by Gasteiger charge is 2.40. The van der Waals surface area contributed by atoms with Crippen LogP contribution in [0.5, 0.6) is 0 Å². The van der Waals surface area contributed by atoms with Gasteiger partial charge in [-0.05, 0) is 36.8 Å². The molecule has 1 aromatic rings. The second-order valence-corrected chi connectivity index (χ2v) is 6.98. The largest absolute Gasteiger partial charge is 0.481 e. The Kier molecular flexibility index (Phi) is 5.39. The zero-order valence-electron chi connectivity index (χ0n) is 12.5. The highest BCUT2D eigenvalue weighted by atomic mass is 32.1. The van der Waals surface area contributed by atoms with E-state index in [4.69, 9.17) is 0 Å². The van der Waals surface area contributed by atoms with E-state index >= 15 is 0 Å². The molecule has 0 saturated heterocycles. The number of aliphatic carboxylic acids is 1. The molecule has 116 valence electrons. The van der Waals surface area contributed by atoms with Crippen molar-refractivity contribution in [3.8, 4) is 0 Å². The fourth-order valence-electron chi connectivity index (χ4n) is 3.01. The summed E-state index contributed by atoms with van der Waals surface area (Å²) in [4.78, 5) is 25.0. The van der Waals surface area contributed by atoms with Crippen molar-refractivity contribution in [2.75, 3.05) is 0 Å². The number of rotatable bonds is 5. The van der Waals surface area contributed by atoms with Crippen molar-refractivity contribution in [1.29, 1.82) is 0 Å². The summed E-state index contributed by atoms with van der Waals surface area (Å²) >= 11 is 1.62. The van der Waals surface area contributed by atoms with Crippen molar-refractivity contribution < 1.29 is 14.7 Å². The lowest BCUT2D eigenvalue weighted by atomic mass is 9.77. The van der Waals surface area contributed by atoms with Crippen molar-refractivity contribution in [2.24, 2.45) is 5.41 Å². The van der Waals surface area contributed by atoms with E-state index in [1.165, 1.54) is 5.56 Å². The number of nitrogens with one attached hydrogen (secondary N) is 1. The van der Waals surface area contributed by atoms with Crippen LogP contribution in [0.25, 0.3) is 0 Å². The molecule has 1 heterocycles. The molecule has 1 aliphatic rings. The molecule has 0 aliphatic heterocycles. The maximum atomic E-state index is 12.2. The van der Waals surface area contributed by atoms with E-state index < -0.39 is 11.4 Å². The molecule has 0 aromatic carbocycles. The lowest BCUT2D eigenvalue weighted by Crippen LogP contribution is -2.37. The summed E-state index contributed by atoms with van der Waals surface area (Å²) in [6.45, 7) is 2.51. The van der Waals surface area contributed by atoms with Gasteiger partial charge in [-0.25, -0.2) is 0 Å². The van der Waals surface area contributed by atoms with Crippen LogP contribution in [0.1, 0.15) is 55.4 Å². The van der Waals surface area contributed by atoms with Crippen LogP contribution in [0.15, 0.2) is 11.4 Å². The fraction of sp³-hybridized carbons (Fsp3) is 0.625. The van der Waals surface area contributed by atoms with Crippen molar-refractivity contribution in [3.63, 3.8) is 0 Å². The molecule has 2 N–H and O–H groups in total. The van der Waals surface area contributed by atoms with Crippen LogP contribution in [0.2, 0.25) is 0 Å². The minimum absolute atomic E-state index is 0.104. The lowest BCUT2D eigenvalue weighted by Gasteiger charge is -2.27. The third-order valence-electron chi connectivity index (χ3n) is 4.43. The second kappa shape index (κ2) is 7.07. The maximum Gasteiger partial charge on any atom is 0.310 e. The predicted molar refractivity (Wildman–Crippen MR) is 83.3 cm³/mol. The van der Waals surface area contributed by atoms with Gasteiger partial charge >= 0.3 is 5.97 Å². The topological polar surface area (TPSA) is 66.4 Å². The van der Waals surface area contributed by atoms with Crippen molar-refractivity contribution in [3.05, 3.63) is 21.9 Å². The van der Waals surface area contributed by atoms with Gasteiger partial charge in [0.2, 0.25) is 5.91 Å². The summed E-state index contributed by atoms with van der Waals surface area (Å²) in [5.74, 6) is -0.959. The highest BCUT2D eigenvalue weighted by molar-refractivity contribution is 7.10. The molecule has 0 unspecified atom stereocenters. The first kappa shape index (κ1) is 16.0. The standard InChI is InChI=1S/C16H23NO3S/c1-12-6-9-21-13(12)11-17-14(18)10-16(15(19)20)7-4-2-3-5-8-16/h6,9H,2-5,7-8,10-11H2,1H3,(H,17,18)(H,19,20). The molecule has 1 fully saturated rings. The van der Waals surface area contributed by atoms with E-state index in [1.54, 1.807) is 11.3 Å². The fourth-order valence-corrected chi connectivity index (χ4v) is 3.85. The number of hydrogen-bond acceptors (Lipinski definition) is 3. The molecule has 0 spiro atoms. The molecule has 21 heavy (non-hydrogen) atoms. The normalized spacial score (nSPS) is 18.0. The number of carboxylic acids is 1. The number of hydrogen-bond donors (Lipinski definition) is 2. The zero-order valence-corrected chi connectivity index (χ0v) is 13.3. The number of amides is 1. The van der Waals surface area contributed by atoms with Crippen molar-refractivity contribution in [1.82, 2.24) is 5.32 Å². The maximum absolute atomic E-state index is 12.2.